The fourth-order valence-electron chi connectivity index (χ4n) is 7.69. The number of nitrogens with zero attached hydrogens (tertiary/aromatic N) is 4. The minimum absolute atomic E-state index is 0.0403. The summed E-state index contributed by atoms with van der Waals surface area (Å²) in [6, 6.07) is 4.05. The summed E-state index contributed by atoms with van der Waals surface area (Å²) in [5.41, 5.74) is 2.29. The Morgan fingerprint density at radius 1 is 0.981 bits per heavy atom. The molecule has 11 nitrogen and oxygen atoms in total. The molecule has 0 radical (unpaired) electrons. The van der Waals surface area contributed by atoms with E-state index in [0.717, 1.165) is 63.6 Å². The van der Waals surface area contributed by atoms with Crippen LogP contribution in [0.3, 0.4) is 0 Å². The highest BCUT2D eigenvalue weighted by Crippen LogP contribution is 2.47. The zero-order chi connectivity index (χ0) is 38.9. The van der Waals surface area contributed by atoms with Crippen molar-refractivity contribution in [3.8, 4) is 11.1 Å². The van der Waals surface area contributed by atoms with E-state index in [4.69, 9.17) is 4.74 Å². The predicted molar refractivity (Wildman–Crippen MR) is 204 cm³/mol. The van der Waals surface area contributed by atoms with Gasteiger partial charge in [0.25, 0.3) is 11.5 Å². The molecule has 0 saturated heterocycles. The summed E-state index contributed by atoms with van der Waals surface area (Å²) in [6.07, 6.45) is 13.6. The van der Waals surface area contributed by atoms with E-state index in [0.29, 0.717) is 51.8 Å². The first kappa shape index (κ1) is 39.1. The van der Waals surface area contributed by atoms with E-state index in [-0.39, 0.29) is 48.3 Å². The second kappa shape index (κ2) is 15.6. The van der Waals surface area contributed by atoms with E-state index in [1.54, 1.807) is 41.4 Å². The number of aromatic amines is 1. The predicted octanol–water partition coefficient (Wildman–Crippen LogP) is 7.64. The molecule has 14 heteroatoms. The molecule has 0 saturated carbocycles. The van der Waals surface area contributed by atoms with Crippen LogP contribution in [0.2, 0.25) is 0 Å². The lowest BCUT2D eigenvalue weighted by atomic mass is 9.93. The summed E-state index contributed by atoms with van der Waals surface area (Å²) in [6.45, 7) is 6.33. The number of anilines is 2. The molecule has 1 unspecified atom stereocenters. The number of rotatable bonds is 13. The summed E-state index contributed by atoms with van der Waals surface area (Å²) in [7, 11) is -2.07. The molecule has 1 aromatic carbocycles. The third kappa shape index (κ3) is 8.38. The molecule has 54 heavy (non-hydrogen) atoms. The van der Waals surface area contributed by atoms with Crippen LogP contribution < -0.4 is 10.5 Å². The van der Waals surface area contributed by atoms with Crippen molar-refractivity contribution in [3.05, 3.63) is 75.5 Å². The van der Waals surface area contributed by atoms with Crippen molar-refractivity contribution in [2.24, 2.45) is 7.05 Å². The van der Waals surface area contributed by atoms with Gasteiger partial charge in [0.2, 0.25) is 0 Å². The Morgan fingerprint density at radius 2 is 1.67 bits per heavy atom. The van der Waals surface area contributed by atoms with Gasteiger partial charge in [0, 0.05) is 73.4 Å². The van der Waals surface area contributed by atoms with Gasteiger partial charge in [-0.3, -0.25) is 14.4 Å². The number of sulfone groups is 1. The van der Waals surface area contributed by atoms with Crippen LogP contribution in [0.4, 0.5) is 20.3 Å². The monoisotopic (exact) mass is 765 g/mol. The Hall–Kier alpha value is -4.59. The number of H-pyrrole nitrogens is 1. The zero-order valence-corrected chi connectivity index (χ0v) is 32.5. The van der Waals surface area contributed by atoms with Crippen LogP contribution in [-0.4, -0.2) is 64.7 Å². The molecule has 4 aromatic rings. The van der Waals surface area contributed by atoms with E-state index in [2.05, 4.69) is 9.97 Å². The van der Waals surface area contributed by atoms with E-state index in [9.17, 15) is 27.2 Å². The number of halogens is 2. The molecule has 2 aliphatic rings. The molecule has 3 aromatic heterocycles. The van der Waals surface area contributed by atoms with Crippen LogP contribution in [-0.2, 0) is 33.0 Å². The number of aryl methyl sites for hydroxylation is 1. The number of fused-ring (bicyclic) bond motifs is 3. The third-order valence-corrected chi connectivity index (χ3v) is 11.8. The lowest BCUT2D eigenvalue weighted by molar-refractivity contribution is -0.154. The number of benzene rings is 1. The second-order valence-corrected chi connectivity index (χ2v) is 17.8. The number of hydrogen-bond donors (Lipinski definition) is 1. The van der Waals surface area contributed by atoms with Crippen LogP contribution in [0.1, 0.15) is 112 Å². The number of ether oxygens (including phenoxy) is 1. The third-order valence-electron chi connectivity index (χ3n) is 10.2. The summed E-state index contributed by atoms with van der Waals surface area (Å²) >= 11 is 0. The van der Waals surface area contributed by atoms with E-state index in [1.165, 1.54) is 10.8 Å². The molecule has 1 amide bonds. The molecule has 290 valence electrons. The van der Waals surface area contributed by atoms with E-state index < -0.39 is 32.3 Å². The molecule has 6 rings (SSSR count). The van der Waals surface area contributed by atoms with Crippen molar-refractivity contribution in [3.63, 3.8) is 0 Å². The second-order valence-electron chi connectivity index (χ2n) is 15.6. The summed E-state index contributed by atoms with van der Waals surface area (Å²) < 4.78 is 63.1. The van der Waals surface area contributed by atoms with Crippen LogP contribution in [0.5, 0.6) is 0 Å². The summed E-state index contributed by atoms with van der Waals surface area (Å²) in [4.78, 5) is 49.9. The quantitative estimate of drug-likeness (QED) is 0.108. The van der Waals surface area contributed by atoms with Gasteiger partial charge in [0.15, 0.2) is 21.5 Å². The van der Waals surface area contributed by atoms with Crippen molar-refractivity contribution in [2.45, 2.75) is 102 Å². The largest absolute Gasteiger partial charge is 0.460 e. The number of esters is 1. The number of pyridine rings is 2. The van der Waals surface area contributed by atoms with Gasteiger partial charge >= 0.3 is 5.97 Å². The van der Waals surface area contributed by atoms with Crippen molar-refractivity contribution in [1.82, 2.24) is 19.4 Å². The van der Waals surface area contributed by atoms with Gasteiger partial charge in [-0.05, 0) is 63.3 Å². The smallest absolute Gasteiger partial charge is 0.306 e. The molecular formula is C40H49F2N5O6S. The van der Waals surface area contributed by atoms with Gasteiger partial charge in [-0.25, -0.2) is 22.2 Å². The first-order valence-corrected chi connectivity index (χ1v) is 20.7. The average Bonchev–Trinajstić information content (AvgIpc) is 3.39. The number of unbranched alkanes of at least 4 members (excludes halogenated alkanes) is 7. The minimum Gasteiger partial charge on any atom is -0.460 e. The molecule has 2 aliphatic heterocycles. The normalized spacial score (nSPS) is 15.9. The van der Waals surface area contributed by atoms with Crippen LogP contribution in [0.25, 0.3) is 22.0 Å². The van der Waals surface area contributed by atoms with Gasteiger partial charge < -0.3 is 24.1 Å². The maximum absolute atomic E-state index is 15.5. The number of aromatic nitrogens is 3. The first-order valence-electron chi connectivity index (χ1n) is 18.7. The molecule has 0 bridgehead atoms. The maximum atomic E-state index is 15.5. The highest BCUT2D eigenvalue weighted by Gasteiger charge is 2.37. The van der Waals surface area contributed by atoms with Gasteiger partial charge in [0.1, 0.15) is 16.9 Å². The molecule has 0 spiro atoms. The Kier molecular flexibility index (Phi) is 11.3. The zero-order valence-electron chi connectivity index (χ0n) is 31.6. The van der Waals surface area contributed by atoms with E-state index in [1.807, 2.05) is 20.8 Å². The van der Waals surface area contributed by atoms with Crippen LogP contribution in [0.15, 0.2) is 41.6 Å². The van der Waals surface area contributed by atoms with Crippen molar-refractivity contribution in [1.29, 1.82) is 0 Å². The lowest BCUT2D eigenvalue weighted by Crippen LogP contribution is -2.32. The average molecular weight is 766 g/mol. The Bertz CT molecular complexity index is 2240. The van der Waals surface area contributed by atoms with Crippen molar-refractivity contribution < 1.29 is 31.5 Å². The minimum atomic E-state index is -3.69. The highest BCUT2D eigenvalue weighted by molar-refractivity contribution is 7.90. The molecule has 1 N–H and O–H groups in total. The number of nitrogens with one attached hydrogen (secondary N) is 1. The van der Waals surface area contributed by atoms with Crippen molar-refractivity contribution >= 4 is 44.1 Å². The summed E-state index contributed by atoms with van der Waals surface area (Å²) in [5, 5.41) is -0.379. The van der Waals surface area contributed by atoms with Gasteiger partial charge in [-0.2, -0.15) is 0 Å². The molecule has 0 fully saturated rings. The number of hydrogen-bond acceptors (Lipinski definition) is 8. The van der Waals surface area contributed by atoms with E-state index >= 15 is 4.39 Å². The standard InChI is InChI=1S/C40H49F2N5O6S/c1-40(2,3)53-34(48)14-12-10-8-6-7-9-11-13-16-46-17-15-33(54(5,51)52)28-19-27-30-24-45(4)39(50)36-35(30)25(21-43-36)23-47(32(27)20-29(28)38(46)49)37-31(42)18-26(41)22-44-37/h18-22,24,33,43H,6-17,23H2,1-5H3. The lowest BCUT2D eigenvalue weighted by Gasteiger charge is -2.27. The highest BCUT2D eigenvalue weighted by atomic mass is 32.2. The molecular weight excluding hydrogens is 717 g/mol. The van der Waals surface area contributed by atoms with Crippen LogP contribution >= 0.6 is 0 Å². The first-order chi connectivity index (χ1) is 25.5. The fraction of sp³-hybridized carbons (Fsp3) is 0.500. The van der Waals surface area contributed by atoms with Gasteiger partial charge in [0.05, 0.1) is 23.7 Å². The molecule has 5 heterocycles. The maximum Gasteiger partial charge on any atom is 0.306 e. The van der Waals surface area contributed by atoms with Gasteiger partial charge in [-0.1, -0.05) is 38.5 Å². The SMILES string of the molecule is Cn1cc2c3c(c[nH]c3c1=O)CN(c1ncc(F)cc1F)c1cc3c(cc1-2)C(S(C)(=O)=O)CCN(CCCCCCCCCCC(=O)OC(C)(C)C)C3=O. The molecule has 0 aliphatic carbocycles. The van der Waals surface area contributed by atoms with Gasteiger partial charge in [-0.15, -0.1) is 0 Å². The Morgan fingerprint density at radius 3 is 2.33 bits per heavy atom. The molecule has 1 atom stereocenters. The van der Waals surface area contributed by atoms with Crippen LogP contribution in [0, 0.1) is 11.6 Å². The number of amides is 1. The number of carbonyl (C=O) groups is 2. The Balaban J connectivity index is 1.24. The Labute approximate surface area is 314 Å². The number of carbonyl (C=O) groups excluding carboxylic acids is 2. The fourth-order valence-corrected chi connectivity index (χ4v) is 8.88. The van der Waals surface area contributed by atoms with Crippen molar-refractivity contribution in [2.75, 3.05) is 24.2 Å². The topological polar surface area (TPSA) is 135 Å². The summed E-state index contributed by atoms with van der Waals surface area (Å²) in [5.74, 6) is -2.41.